The van der Waals surface area contributed by atoms with Crippen LogP contribution in [0.1, 0.15) is 19.3 Å². The van der Waals surface area contributed by atoms with Crippen LogP contribution in [-0.2, 0) is 9.53 Å². The van der Waals surface area contributed by atoms with E-state index in [0.29, 0.717) is 0 Å². The highest BCUT2D eigenvalue weighted by Crippen LogP contribution is 2.33. The lowest BCUT2D eigenvalue weighted by molar-refractivity contribution is -0.151. The highest BCUT2D eigenvalue weighted by Gasteiger charge is 2.39. The van der Waals surface area contributed by atoms with Crippen molar-refractivity contribution in [2.75, 3.05) is 45.9 Å². The molecule has 2 rings (SSSR count). The summed E-state index contributed by atoms with van der Waals surface area (Å²) in [7, 11) is 0. The Kier molecular flexibility index (Phi) is 4.36. The van der Waals surface area contributed by atoms with Crippen LogP contribution in [0.4, 0.5) is 0 Å². The zero-order chi connectivity index (χ0) is 12.1. The van der Waals surface area contributed by atoms with Gasteiger partial charge in [0.2, 0.25) is 0 Å². The number of carboxylic acids is 1. The summed E-state index contributed by atoms with van der Waals surface area (Å²) in [6, 6.07) is 0. The molecule has 0 aliphatic carbocycles. The first kappa shape index (κ1) is 12.8. The largest absolute Gasteiger partial charge is 0.481 e. The van der Waals surface area contributed by atoms with E-state index in [1.165, 1.54) is 0 Å². The second-order valence-electron chi connectivity index (χ2n) is 5.04. The second-order valence-corrected chi connectivity index (χ2v) is 5.04. The molecule has 0 spiro atoms. The first-order chi connectivity index (χ1) is 8.23. The molecule has 0 radical (unpaired) electrons. The lowest BCUT2D eigenvalue weighted by Gasteiger charge is -2.36. The molecule has 5 heteroatoms. The van der Waals surface area contributed by atoms with Crippen LogP contribution in [0.25, 0.3) is 0 Å². The molecule has 0 aromatic heterocycles. The van der Waals surface area contributed by atoms with Crippen LogP contribution in [0.3, 0.4) is 0 Å². The van der Waals surface area contributed by atoms with E-state index in [0.717, 1.165) is 65.2 Å². The van der Waals surface area contributed by atoms with Crippen LogP contribution in [0, 0.1) is 5.41 Å². The lowest BCUT2D eigenvalue weighted by atomic mass is 9.76. The molecule has 0 aromatic rings. The Labute approximate surface area is 102 Å². The number of morpholine rings is 1. The standard InChI is InChI=1S/C12H22N2O3/c15-11(16)12(1-4-13-5-2-12)3-6-14-7-9-17-10-8-14/h13H,1-10H2,(H,15,16). The van der Waals surface area contributed by atoms with Gasteiger partial charge in [-0.3, -0.25) is 9.69 Å². The maximum atomic E-state index is 11.5. The molecule has 2 saturated heterocycles. The zero-order valence-electron chi connectivity index (χ0n) is 10.3. The molecule has 98 valence electrons. The molecule has 0 amide bonds. The van der Waals surface area contributed by atoms with Gasteiger partial charge in [-0.05, 0) is 38.9 Å². The highest BCUT2D eigenvalue weighted by molar-refractivity contribution is 5.74. The number of hydrogen-bond donors (Lipinski definition) is 2. The third-order valence-corrected chi connectivity index (χ3v) is 4.02. The molecular formula is C12H22N2O3. The smallest absolute Gasteiger partial charge is 0.309 e. The van der Waals surface area contributed by atoms with Gasteiger partial charge in [-0.15, -0.1) is 0 Å². The molecule has 2 heterocycles. The predicted molar refractivity (Wildman–Crippen MR) is 64.0 cm³/mol. The van der Waals surface area contributed by atoms with Crippen molar-refractivity contribution < 1.29 is 14.6 Å². The Morgan fingerprint density at radius 3 is 2.53 bits per heavy atom. The van der Waals surface area contributed by atoms with E-state index in [4.69, 9.17) is 4.74 Å². The average molecular weight is 242 g/mol. The van der Waals surface area contributed by atoms with Crippen molar-refractivity contribution in [3.05, 3.63) is 0 Å². The maximum absolute atomic E-state index is 11.5. The van der Waals surface area contributed by atoms with Gasteiger partial charge in [-0.2, -0.15) is 0 Å². The van der Waals surface area contributed by atoms with Gasteiger partial charge in [0.15, 0.2) is 0 Å². The summed E-state index contributed by atoms with van der Waals surface area (Å²) >= 11 is 0. The minimum Gasteiger partial charge on any atom is -0.481 e. The number of aliphatic carboxylic acids is 1. The Morgan fingerprint density at radius 2 is 1.94 bits per heavy atom. The molecule has 2 fully saturated rings. The summed E-state index contributed by atoms with van der Waals surface area (Å²) < 4.78 is 5.30. The minimum absolute atomic E-state index is 0.496. The topological polar surface area (TPSA) is 61.8 Å². The van der Waals surface area contributed by atoms with Gasteiger partial charge >= 0.3 is 5.97 Å². The molecule has 0 atom stereocenters. The van der Waals surface area contributed by atoms with Crippen LogP contribution in [0.2, 0.25) is 0 Å². The number of carbonyl (C=O) groups is 1. The number of hydrogen-bond acceptors (Lipinski definition) is 4. The molecule has 0 bridgehead atoms. The maximum Gasteiger partial charge on any atom is 0.309 e. The second kappa shape index (κ2) is 5.80. The predicted octanol–water partition coefficient (Wildman–Crippen LogP) is 0.163. The average Bonchev–Trinajstić information content (AvgIpc) is 2.38. The third-order valence-electron chi connectivity index (χ3n) is 4.02. The quantitative estimate of drug-likeness (QED) is 0.735. The van der Waals surface area contributed by atoms with Crippen LogP contribution in [-0.4, -0.2) is 61.9 Å². The Morgan fingerprint density at radius 1 is 1.29 bits per heavy atom. The minimum atomic E-state index is -0.618. The Hall–Kier alpha value is -0.650. The van der Waals surface area contributed by atoms with E-state index in [2.05, 4.69) is 10.2 Å². The molecule has 0 saturated carbocycles. The molecule has 5 nitrogen and oxygen atoms in total. The van der Waals surface area contributed by atoms with Crippen LogP contribution >= 0.6 is 0 Å². The van der Waals surface area contributed by atoms with Crippen molar-refractivity contribution in [1.82, 2.24) is 10.2 Å². The number of nitrogens with zero attached hydrogens (tertiary/aromatic N) is 1. The van der Waals surface area contributed by atoms with Crippen molar-refractivity contribution in [3.8, 4) is 0 Å². The van der Waals surface area contributed by atoms with E-state index in [-0.39, 0.29) is 0 Å². The number of nitrogens with one attached hydrogen (secondary N) is 1. The summed E-state index contributed by atoms with van der Waals surface area (Å²) in [5.74, 6) is -0.618. The number of piperidine rings is 1. The van der Waals surface area contributed by atoms with E-state index < -0.39 is 11.4 Å². The van der Waals surface area contributed by atoms with E-state index >= 15 is 0 Å². The first-order valence-electron chi connectivity index (χ1n) is 6.47. The summed E-state index contributed by atoms with van der Waals surface area (Å²) in [6.45, 7) is 5.98. The fourth-order valence-electron chi connectivity index (χ4n) is 2.67. The fraction of sp³-hybridized carbons (Fsp3) is 0.917. The van der Waals surface area contributed by atoms with E-state index in [1.807, 2.05) is 0 Å². The normalized spacial score (nSPS) is 25.6. The molecule has 2 N–H and O–H groups in total. The van der Waals surface area contributed by atoms with Gasteiger partial charge in [0.05, 0.1) is 18.6 Å². The molecule has 2 aliphatic rings. The van der Waals surface area contributed by atoms with Crippen LogP contribution in [0.15, 0.2) is 0 Å². The lowest BCUT2D eigenvalue weighted by Crippen LogP contribution is -2.45. The molecule has 0 unspecified atom stereocenters. The summed E-state index contributed by atoms with van der Waals surface area (Å²) in [5, 5.41) is 12.7. The molecule has 2 aliphatic heterocycles. The van der Waals surface area contributed by atoms with Crippen molar-refractivity contribution in [2.45, 2.75) is 19.3 Å². The van der Waals surface area contributed by atoms with Gasteiger partial charge in [-0.1, -0.05) is 0 Å². The van der Waals surface area contributed by atoms with Crippen LogP contribution in [0.5, 0.6) is 0 Å². The van der Waals surface area contributed by atoms with Crippen molar-refractivity contribution in [1.29, 1.82) is 0 Å². The van der Waals surface area contributed by atoms with Crippen molar-refractivity contribution in [2.24, 2.45) is 5.41 Å². The summed E-state index contributed by atoms with van der Waals surface area (Å²) in [6.07, 6.45) is 2.28. The number of carboxylic acid groups (broad SMARTS) is 1. The summed E-state index contributed by atoms with van der Waals surface area (Å²) in [5.41, 5.74) is -0.496. The first-order valence-corrected chi connectivity index (χ1v) is 6.47. The zero-order valence-corrected chi connectivity index (χ0v) is 10.3. The number of rotatable bonds is 4. The van der Waals surface area contributed by atoms with Gasteiger partial charge in [0.1, 0.15) is 0 Å². The van der Waals surface area contributed by atoms with Gasteiger partial charge in [-0.25, -0.2) is 0 Å². The van der Waals surface area contributed by atoms with E-state index in [1.54, 1.807) is 0 Å². The number of ether oxygens (including phenoxy) is 1. The SMILES string of the molecule is O=C(O)C1(CCN2CCOCC2)CCNCC1. The Bertz CT molecular complexity index is 258. The monoisotopic (exact) mass is 242 g/mol. The van der Waals surface area contributed by atoms with Crippen LogP contribution < -0.4 is 5.32 Å². The third kappa shape index (κ3) is 3.18. The van der Waals surface area contributed by atoms with Gasteiger partial charge in [0, 0.05) is 13.1 Å². The molecule has 0 aromatic carbocycles. The molecule has 17 heavy (non-hydrogen) atoms. The van der Waals surface area contributed by atoms with Crippen molar-refractivity contribution >= 4 is 5.97 Å². The fourth-order valence-corrected chi connectivity index (χ4v) is 2.67. The molecular weight excluding hydrogens is 220 g/mol. The van der Waals surface area contributed by atoms with Crippen molar-refractivity contribution in [3.63, 3.8) is 0 Å². The van der Waals surface area contributed by atoms with E-state index in [9.17, 15) is 9.90 Å². The van der Waals surface area contributed by atoms with Gasteiger partial charge in [0.25, 0.3) is 0 Å². The highest BCUT2D eigenvalue weighted by atomic mass is 16.5. The van der Waals surface area contributed by atoms with Gasteiger partial charge < -0.3 is 15.2 Å². The Balaban J connectivity index is 1.86. The summed E-state index contributed by atoms with van der Waals surface area (Å²) in [4.78, 5) is 13.8.